The Morgan fingerprint density at radius 1 is 1.21 bits per heavy atom. The number of benzene rings is 1. The van der Waals surface area contributed by atoms with Crippen LogP contribution in [0.4, 0.5) is 0 Å². The molecule has 0 saturated heterocycles. The minimum atomic E-state index is 0.579. The highest BCUT2D eigenvalue weighted by Crippen LogP contribution is 2.34. The fourth-order valence-corrected chi connectivity index (χ4v) is 2.20. The average molecular weight is 256 g/mol. The Hall–Kier alpha value is -2.50. The monoisotopic (exact) mass is 256 g/mol. The molecule has 0 atom stereocenters. The number of ether oxygens (including phenoxy) is 2. The van der Waals surface area contributed by atoms with E-state index in [9.17, 15) is 0 Å². The number of aryl methyl sites for hydroxylation is 1. The van der Waals surface area contributed by atoms with Crippen molar-refractivity contribution in [3.05, 3.63) is 24.7 Å². The molecular weight excluding hydrogens is 244 g/mol. The van der Waals surface area contributed by atoms with Crippen molar-refractivity contribution in [2.24, 2.45) is 7.05 Å². The Bertz CT molecular complexity index is 716. The summed E-state index contributed by atoms with van der Waals surface area (Å²) in [5.41, 5.74) is 2.59. The van der Waals surface area contributed by atoms with Crippen molar-refractivity contribution in [3.63, 3.8) is 0 Å². The van der Waals surface area contributed by atoms with E-state index in [4.69, 9.17) is 9.47 Å². The number of rotatable bonds is 1. The second-order valence-electron chi connectivity index (χ2n) is 4.52. The van der Waals surface area contributed by atoms with Crippen LogP contribution < -0.4 is 9.47 Å². The Morgan fingerprint density at radius 3 is 2.74 bits per heavy atom. The summed E-state index contributed by atoms with van der Waals surface area (Å²) < 4.78 is 13.0. The normalized spacial score (nSPS) is 13.9. The van der Waals surface area contributed by atoms with Gasteiger partial charge in [0.2, 0.25) is 0 Å². The number of nitrogens with zero attached hydrogens (tertiary/aromatic N) is 3. The highest BCUT2D eigenvalue weighted by atomic mass is 16.6. The van der Waals surface area contributed by atoms with E-state index in [0.29, 0.717) is 13.2 Å². The number of aromatic nitrogens is 4. The number of hydrogen-bond acceptors (Lipinski definition) is 4. The van der Waals surface area contributed by atoms with Gasteiger partial charge < -0.3 is 19.0 Å². The lowest BCUT2D eigenvalue weighted by Gasteiger charge is -2.17. The Labute approximate surface area is 109 Å². The molecule has 0 aliphatic carbocycles. The van der Waals surface area contributed by atoms with Gasteiger partial charge in [0.15, 0.2) is 17.3 Å². The second-order valence-corrected chi connectivity index (χ2v) is 4.52. The molecule has 1 aliphatic rings. The average Bonchev–Trinajstić information content (AvgIpc) is 3.01. The summed E-state index contributed by atoms with van der Waals surface area (Å²) in [6, 6.07) is 3.82. The zero-order valence-corrected chi connectivity index (χ0v) is 10.4. The van der Waals surface area contributed by atoms with Gasteiger partial charge >= 0.3 is 0 Å². The van der Waals surface area contributed by atoms with E-state index in [0.717, 1.165) is 34.1 Å². The van der Waals surface area contributed by atoms with Crippen molar-refractivity contribution in [3.8, 4) is 23.0 Å². The van der Waals surface area contributed by atoms with E-state index in [1.165, 1.54) is 0 Å². The smallest absolute Gasteiger partial charge is 0.163 e. The molecule has 1 aromatic carbocycles. The van der Waals surface area contributed by atoms with Gasteiger partial charge in [-0.2, -0.15) is 0 Å². The van der Waals surface area contributed by atoms with Crippen molar-refractivity contribution in [1.29, 1.82) is 0 Å². The van der Waals surface area contributed by atoms with Crippen LogP contribution in [0.1, 0.15) is 0 Å². The Balaban J connectivity index is 1.87. The first-order valence-corrected chi connectivity index (χ1v) is 6.07. The van der Waals surface area contributed by atoms with Gasteiger partial charge in [-0.15, -0.1) is 0 Å². The van der Waals surface area contributed by atoms with E-state index in [-0.39, 0.29) is 0 Å². The van der Waals surface area contributed by atoms with E-state index < -0.39 is 0 Å². The number of imidazole rings is 2. The topological polar surface area (TPSA) is 65.0 Å². The van der Waals surface area contributed by atoms with Crippen molar-refractivity contribution in [1.82, 2.24) is 19.5 Å². The Kier molecular flexibility index (Phi) is 2.05. The number of nitrogens with one attached hydrogen (secondary N) is 1. The van der Waals surface area contributed by atoms with Crippen LogP contribution >= 0.6 is 0 Å². The first-order chi connectivity index (χ1) is 9.29. The molecule has 0 unspecified atom stereocenters. The lowest BCUT2D eigenvalue weighted by molar-refractivity contribution is 0.172. The molecule has 3 aromatic rings. The minimum absolute atomic E-state index is 0.579. The SMILES string of the molecule is Cn1cnc(-c2nc3cc4c(cc3[nH]2)OCCO4)c1. The predicted molar refractivity (Wildman–Crippen MR) is 69.3 cm³/mol. The number of H-pyrrole nitrogens is 1. The summed E-state index contributed by atoms with van der Waals surface area (Å²) >= 11 is 0. The molecular formula is C13H12N4O2. The van der Waals surface area contributed by atoms with Crippen LogP contribution in [0.25, 0.3) is 22.6 Å². The van der Waals surface area contributed by atoms with Crippen molar-refractivity contribution < 1.29 is 9.47 Å². The summed E-state index contributed by atoms with van der Waals surface area (Å²) in [4.78, 5) is 12.1. The highest BCUT2D eigenvalue weighted by molar-refractivity contribution is 5.82. The van der Waals surface area contributed by atoms with Crippen LogP contribution in [0.2, 0.25) is 0 Å². The number of fused-ring (bicyclic) bond motifs is 2. The molecule has 0 fully saturated rings. The summed E-state index contributed by atoms with van der Waals surface area (Å²) in [7, 11) is 1.93. The summed E-state index contributed by atoms with van der Waals surface area (Å²) in [6.45, 7) is 1.16. The number of aromatic amines is 1. The maximum absolute atomic E-state index is 5.56. The minimum Gasteiger partial charge on any atom is -0.486 e. The summed E-state index contributed by atoms with van der Waals surface area (Å²) in [5.74, 6) is 2.26. The van der Waals surface area contributed by atoms with E-state index in [1.54, 1.807) is 6.33 Å². The van der Waals surface area contributed by atoms with Crippen molar-refractivity contribution in [2.45, 2.75) is 0 Å². The lowest BCUT2D eigenvalue weighted by Crippen LogP contribution is -2.15. The molecule has 19 heavy (non-hydrogen) atoms. The van der Waals surface area contributed by atoms with Gasteiger partial charge in [-0.3, -0.25) is 0 Å². The summed E-state index contributed by atoms with van der Waals surface area (Å²) in [5, 5.41) is 0. The van der Waals surface area contributed by atoms with Gasteiger partial charge in [-0.1, -0.05) is 0 Å². The molecule has 0 radical (unpaired) electrons. The fraction of sp³-hybridized carbons (Fsp3) is 0.231. The van der Waals surface area contributed by atoms with Crippen molar-refractivity contribution >= 4 is 11.0 Å². The highest BCUT2D eigenvalue weighted by Gasteiger charge is 2.15. The standard InChI is InChI=1S/C13H12N4O2/c1-17-6-10(14-7-17)13-15-8-4-11-12(5-9(8)16-13)19-3-2-18-11/h4-7H,2-3H2,1H3,(H,15,16). The van der Waals surface area contributed by atoms with Gasteiger partial charge in [-0.05, 0) is 0 Å². The van der Waals surface area contributed by atoms with Gasteiger partial charge in [0, 0.05) is 25.4 Å². The third-order valence-corrected chi connectivity index (χ3v) is 3.09. The molecule has 0 spiro atoms. The van der Waals surface area contributed by atoms with E-state index in [2.05, 4.69) is 15.0 Å². The largest absolute Gasteiger partial charge is 0.486 e. The van der Waals surface area contributed by atoms with Crippen LogP contribution in [0.5, 0.6) is 11.5 Å². The van der Waals surface area contributed by atoms with Crippen LogP contribution in [-0.4, -0.2) is 32.7 Å². The zero-order valence-electron chi connectivity index (χ0n) is 10.4. The van der Waals surface area contributed by atoms with Crippen molar-refractivity contribution in [2.75, 3.05) is 13.2 Å². The maximum Gasteiger partial charge on any atom is 0.163 e. The molecule has 1 N–H and O–H groups in total. The molecule has 96 valence electrons. The first-order valence-electron chi connectivity index (χ1n) is 6.07. The van der Waals surface area contributed by atoms with Crippen LogP contribution in [0, 0.1) is 0 Å². The lowest BCUT2D eigenvalue weighted by atomic mass is 10.2. The quantitative estimate of drug-likeness (QED) is 0.720. The Morgan fingerprint density at radius 2 is 2.00 bits per heavy atom. The van der Waals surface area contributed by atoms with E-state index >= 15 is 0 Å². The van der Waals surface area contributed by atoms with Gasteiger partial charge in [0.1, 0.15) is 18.9 Å². The van der Waals surface area contributed by atoms with Crippen LogP contribution in [-0.2, 0) is 7.05 Å². The predicted octanol–water partition coefficient (Wildman–Crippen LogP) is 1.73. The summed E-state index contributed by atoms with van der Waals surface area (Å²) in [6.07, 6.45) is 3.67. The molecule has 3 heterocycles. The molecule has 2 aromatic heterocycles. The molecule has 4 rings (SSSR count). The zero-order chi connectivity index (χ0) is 12.8. The fourth-order valence-electron chi connectivity index (χ4n) is 2.20. The van der Waals surface area contributed by atoms with Crippen LogP contribution in [0.3, 0.4) is 0 Å². The molecule has 0 bridgehead atoms. The van der Waals surface area contributed by atoms with E-state index in [1.807, 2.05) is 29.9 Å². The third kappa shape index (κ3) is 1.64. The molecule has 1 aliphatic heterocycles. The third-order valence-electron chi connectivity index (χ3n) is 3.09. The molecule has 6 heteroatoms. The second kappa shape index (κ2) is 3.74. The van der Waals surface area contributed by atoms with Gasteiger partial charge in [0.25, 0.3) is 0 Å². The van der Waals surface area contributed by atoms with Gasteiger partial charge in [0.05, 0.1) is 17.4 Å². The molecule has 0 saturated carbocycles. The van der Waals surface area contributed by atoms with Gasteiger partial charge in [-0.25, -0.2) is 9.97 Å². The first kappa shape index (κ1) is 10.4. The van der Waals surface area contributed by atoms with Crippen LogP contribution in [0.15, 0.2) is 24.7 Å². The number of hydrogen-bond donors (Lipinski definition) is 1. The molecule has 6 nitrogen and oxygen atoms in total. The molecule has 0 amide bonds. The maximum atomic E-state index is 5.56.